The predicted octanol–water partition coefficient (Wildman–Crippen LogP) is 1.62. The third-order valence-electron chi connectivity index (χ3n) is 4.34. The second-order valence-corrected chi connectivity index (χ2v) is 5.98. The SMILES string of the molecule is Cl.Cl.O=C(NCc1ccn2ccnc2c1)c1cn(C2CCNCC2)nn1. The number of pyridine rings is 1. The van der Waals surface area contributed by atoms with Crippen LogP contribution in [0.25, 0.3) is 5.65 Å². The number of amides is 1. The van der Waals surface area contributed by atoms with E-state index in [-0.39, 0.29) is 30.7 Å². The summed E-state index contributed by atoms with van der Waals surface area (Å²) < 4.78 is 3.74. The predicted molar refractivity (Wildman–Crippen MR) is 102 cm³/mol. The average molecular weight is 398 g/mol. The normalized spacial score (nSPS) is 14.5. The molecule has 3 aromatic heterocycles. The minimum absolute atomic E-state index is 0. The average Bonchev–Trinajstić information content (AvgIpc) is 3.29. The lowest BCUT2D eigenvalue weighted by Gasteiger charge is -2.22. The molecule has 1 amide bonds. The van der Waals surface area contributed by atoms with Gasteiger partial charge in [-0.05, 0) is 43.6 Å². The Morgan fingerprint density at radius 2 is 2.08 bits per heavy atom. The molecule has 1 fully saturated rings. The van der Waals surface area contributed by atoms with Crippen molar-refractivity contribution in [3.63, 3.8) is 0 Å². The number of nitrogens with one attached hydrogen (secondary N) is 2. The number of rotatable bonds is 4. The summed E-state index contributed by atoms with van der Waals surface area (Å²) in [6.45, 7) is 2.38. The Morgan fingerprint density at radius 1 is 1.27 bits per heavy atom. The van der Waals surface area contributed by atoms with Crippen molar-refractivity contribution in [3.05, 3.63) is 48.2 Å². The van der Waals surface area contributed by atoms with E-state index >= 15 is 0 Å². The highest BCUT2D eigenvalue weighted by Gasteiger charge is 2.18. The minimum atomic E-state index is -0.210. The Labute approximate surface area is 163 Å². The van der Waals surface area contributed by atoms with Crippen LogP contribution in [0.1, 0.15) is 34.9 Å². The zero-order valence-electron chi connectivity index (χ0n) is 14.0. The summed E-state index contributed by atoms with van der Waals surface area (Å²) in [4.78, 5) is 16.5. The first-order valence-corrected chi connectivity index (χ1v) is 8.12. The molecule has 3 aromatic rings. The number of carbonyl (C=O) groups is 1. The third-order valence-corrected chi connectivity index (χ3v) is 4.34. The van der Waals surface area contributed by atoms with Crippen molar-refractivity contribution in [2.45, 2.75) is 25.4 Å². The molecule has 1 aliphatic rings. The topological polar surface area (TPSA) is 89.1 Å². The number of hydrogen-bond donors (Lipinski definition) is 2. The maximum absolute atomic E-state index is 12.3. The van der Waals surface area contributed by atoms with Crippen molar-refractivity contribution in [2.24, 2.45) is 0 Å². The van der Waals surface area contributed by atoms with E-state index in [0.717, 1.165) is 37.1 Å². The summed E-state index contributed by atoms with van der Waals surface area (Å²) in [5.74, 6) is -0.210. The number of imidazole rings is 1. The van der Waals surface area contributed by atoms with Crippen LogP contribution in [0.5, 0.6) is 0 Å². The molecule has 0 atom stereocenters. The smallest absolute Gasteiger partial charge is 0.273 e. The zero-order valence-corrected chi connectivity index (χ0v) is 15.7. The van der Waals surface area contributed by atoms with Gasteiger partial charge in [0, 0.05) is 25.1 Å². The fourth-order valence-electron chi connectivity index (χ4n) is 2.97. The largest absolute Gasteiger partial charge is 0.347 e. The summed E-state index contributed by atoms with van der Waals surface area (Å²) >= 11 is 0. The molecule has 140 valence electrons. The molecule has 0 spiro atoms. The van der Waals surface area contributed by atoms with Crippen LogP contribution in [-0.2, 0) is 6.54 Å². The van der Waals surface area contributed by atoms with E-state index in [1.165, 1.54) is 0 Å². The molecular weight excluding hydrogens is 377 g/mol. The van der Waals surface area contributed by atoms with E-state index < -0.39 is 0 Å². The van der Waals surface area contributed by atoms with Crippen LogP contribution in [0.3, 0.4) is 0 Å². The van der Waals surface area contributed by atoms with Crippen molar-refractivity contribution < 1.29 is 4.79 Å². The van der Waals surface area contributed by atoms with E-state index in [9.17, 15) is 4.79 Å². The van der Waals surface area contributed by atoms with E-state index in [1.54, 1.807) is 12.4 Å². The van der Waals surface area contributed by atoms with Gasteiger partial charge in [-0.15, -0.1) is 29.9 Å². The highest BCUT2D eigenvalue weighted by Crippen LogP contribution is 2.17. The van der Waals surface area contributed by atoms with Crippen LogP contribution in [-0.4, -0.2) is 43.4 Å². The van der Waals surface area contributed by atoms with Gasteiger partial charge < -0.3 is 15.0 Å². The molecule has 8 nitrogen and oxygen atoms in total. The summed E-state index contributed by atoms with van der Waals surface area (Å²) in [5.41, 5.74) is 2.21. The number of fused-ring (bicyclic) bond motifs is 1. The van der Waals surface area contributed by atoms with Gasteiger partial charge in [0.25, 0.3) is 5.91 Å². The van der Waals surface area contributed by atoms with E-state index in [0.29, 0.717) is 18.3 Å². The molecule has 1 aliphatic heterocycles. The molecule has 0 bridgehead atoms. The lowest BCUT2D eigenvalue weighted by molar-refractivity contribution is 0.0946. The first kappa shape index (κ1) is 20.2. The summed E-state index contributed by atoms with van der Waals surface area (Å²) in [5, 5.41) is 14.3. The maximum atomic E-state index is 12.3. The Bertz CT molecular complexity index is 857. The third kappa shape index (κ3) is 4.32. The number of carbonyl (C=O) groups excluding carboxylic acids is 1. The van der Waals surface area contributed by atoms with Crippen molar-refractivity contribution in [1.82, 2.24) is 35.0 Å². The summed E-state index contributed by atoms with van der Waals surface area (Å²) in [6.07, 6.45) is 9.32. The number of aromatic nitrogens is 5. The molecule has 0 saturated carbocycles. The van der Waals surface area contributed by atoms with Crippen molar-refractivity contribution >= 4 is 36.4 Å². The molecule has 0 radical (unpaired) electrons. The van der Waals surface area contributed by atoms with E-state index in [1.807, 2.05) is 33.6 Å². The fraction of sp³-hybridized carbons (Fsp3) is 0.375. The molecule has 0 aliphatic carbocycles. The maximum Gasteiger partial charge on any atom is 0.273 e. The van der Waals surface area contributed by atoms with Crippen LogP contribution in [0.15, 0.2) is 36.9 Å². The molecule has 1 saturated heterocycles. The van der Waals surface area contributed by atoms with Gasteiger partial charge in [-0.25, -0.2) is 9.67 Å². The highest BCUT2D eigenvalue weighted by molar-refractivity contribution is 5.91. The second kappa shape index (κ2) is 8.98. The van der Waals surface area contributed by atoms with Crippen LogP contribution in [0.2, 0.25) is 0 Å². The lowest BCUT2D eigenvalue weighted by Crippen LogP contribution is -2.29. The van der Waals surface area contributed by atoms with Crippen LogP contribution in [0, 0.1) is 0 Å². The highest BCUT2D eigenvalue weighted by atomic mass is 35.5. The molecule has 4 rings (SSSR count). The molecule has 10 heteroatoms. The van der Waals surface area contributed by atoms with Gasteiger partial charge in [-0.2, -0.15) is 0 Å². The fourth-order valence-corrected chi connectivity index (χ4v) is 2.97. The summed E-state index contributed by atoms with van der Waals surface area (Å²) in [6, 6.07) is 4.23. The van der Waals surface area contributed by atoms with Gasteiger partial charge in [0.15, 0.2) is 5.69 Å². The molecule has 4 heterocycles. The first-order chi connectivity index (χ1) is 11.8. The minimum Gasteiger partial charge on any atom is -0.347 e. The monoisotopic (exact) mass is 397 g/mol. The standard InChI is InChI=1S/C16H19N7O.2ClH/c24-16(14-11-23(21-20-14)13-1-4-17-5-2-13)19-10-12-3-7-22-8-6-18-15(22)9-12;;/h3,6-9,11,13,17H,1-2,4-5,10H2,(H,19,24);2*1H. The van der Waals surface area contributed by atoms with Crippen molar-refractivity contribution in [3.8, 4) is 0 Å². The van der Waals surface area contributed by atoms with Gasteiger partial charge in [0.2, 0.25) is 0 Å². The van der Waals surface area contributed by atoms with Crippen LogP contribution < -0.4 is 10.6 Å². The number of piperidine rings is 1. The quantitative estimate of drug-likeness (QED) is 0.697. The van der Waals surface area contributed by atoms with Gasteiger partial charge in [0.05, 0.1) is 12.2 Å². The molecule has 0 aromatic carbocycles. The Morgan fingerprint density at radius 3 is 2.88 bits per heavy atom. The van der Waals surface area contributed by atoms with Gasteiger partial charge in [-0.1, -0.05) is 5.21 Å². The van der Waals surface area contributed by atoms with Crippen LogP contribution >= 0.6 is 24.8 Å². The first-order valence-electron chi connectivity index (χ1n) is 8.12. The van der Waals surface area contributed by atoms with Gasteiger partial charge >= 0.3 is 0 Å². The zero-order chi connectivity index (χ0) is 16.4. The van der Waals surface area contributed by atoms with Gasteiger partial charge in [-0.3, -0.25) is 4.79 Å². The van der Waals surface area contributed by atoms with Crippen molar-refractivity contribution in [2.75, 3.05) is 13.1 Å². The van der Waals surface area contributed by atoms with E-state index in [4.69, 9.17) is 0 Å². The van der Waals surface area contributed by atoms with Crippen molar-refractivity contribution in [1.29, 1.82) is 0 Å². The Hall–Kier alpha value is -2.16. The van der Waals surface area contributed by atoms with Crippen LogP contribution in [0.4, 0.5) is 0 Å². The molecule has 2 N–H and O–H groups in total. The summed E-state index contributed by atoms with van der Waals surface area (Å²) in [7, 11) is 0. The molecular formula is C16H21Cl2N7O. The number of halogens is 2. The Kier molecular flexibility index (Phi) is 6.96. The number of nitrogens with zero attached hydrogens (tertiary/aromatic N) is 5. The molecule has 0 unspecified atom stereocenters. The lowest BCUT2D eigenvalue weighted by atomic mass is 10.1. The van der Waals surface area contributed by atoms with Gasteiger partial charge in [0.1, 0.15) is 5.65 Å². The Balaban J connectivity index is 0.00000121. The van der Waals surface area contributed by atoms with E-state index in [2.05, 4.69) is 25.9 Å². The second-order valence-electron chi connectivity index (χ2n) is 5.98. The molecule has 26 heavy (non-hydrogen) atoms. The number of hydrogen-bond acceptors (Lipinski definition) is 5.